The zero-order valence-corrected chi connectivity index (χ0v) is 38.5. The number of ether oxygens (including phenoxy) is 2. The number of aliphatic hydroxyl groups excluding tert-OH is 1. The van der Waals surface area contributed by atoms with Crippen molar-refractivity contribution in [2.24, 2.45) is 0 Å². The van der Waals surface area contributed by atoms with E-state index in [9.17, 15) is 26.3 Å². The zero-order chi connectivity index (χ0) is 48.6. The number of benzene rings is 2. The van der Waals surface area contributed by atoms with Gasteiger partial charge in [-0.3, -0.25) is 19.0 Å². The second-order valence-electron chi connectivity index (χ2n) is 18.7. The van der Waals surface area contributed by atoms with Crippen LogP contribution in [-0.2, 0) is 32.7 Å². The molecule has 1 aliphatic rings. The van der Waals surface area contributed by atoms with E-state index >= 15 is 0 Å². The van der Waals surface area contributed by atoms with E-state index in [2.05, 4.69) is 92.5 Å². The number of H-pyrrole nitrogens is 2. The van der Waals surface area contributed by atoms with Gasteiger partial charge < -0.3 is 25.2 Å². The van der Waals surface area contributed by atoms with Crippen molar-refractivity contribution in [1.29, 1.82) is 0 Å². The summed E-state index contributed by atoms with van der Waals surface area (Å²) in [6.45, 7) is 14.5. The second kappa shape index (κ2) is 19.0. The van der Waals surface area contributed by atoms with Crippen molar-refractivity contribution in [3.05, 3.63) is 83.4 Å². The number of rotatable bonds is 12. The number of aromatic nitrogens is 10. The maximum absolute atomic E-state index is 13.5. The molecule has 1 aliphatic heterocycles. The van der Waals surface area contributed by atoms with Crippen molar-refractivity contribution in [3.8, 4) is 22.8 Å². The van der Waals surface area contributed by atoms with Gasteiger partial charge in [-0.25, -0.2) is 19.9 Å². The molecule has 6 aromatic heterocycles. The summed E-state index contributed by atoms with van der Waals surface area (Å²) < 4.78 is 95.2. The molecule has 15 nitrogen and oxygen atoms in total. The summed E-state index contributed by atoms with van der Waals surface area (Å²) in [6, 6.07) is 10.9. The molecule has 1 saturated heterocycles. The highest BCUT2D eigenvalue weighted by Gasteiger charge is 2.33. The number of anilines is 2. The number of fused-ring (bicyclic) bond motifs is 6. The van der Waals surface area contributed by atoms with Crippen LogP contribution in [0.2, 0.25) is 0 Å². The van der Waals surface area contributed by atoms with E-state index in [1.165, 1.54) is 12.1 Å². The average molecular weight is 949 g/mol. The molecule has 8 aromatic rings. The largest absolute Gasteiger partial charge is 0.416 e. The summed E-state index contributed by atoms with van der Waals surface area (Å²) in [7, 11) is 0. The Morgan fingerprint density at radius 2 is 1.18 bits per heavy atom. The standard InChI is InChI=1S/C26H31F3N6O2.C21H23F3N6O/c1-25(2,3)21-14-18(33-34-21)20-15-31-24-23(30-10-6-12-37-22-7-4-5-11-36-22)32-17-13-16(26(27,28)29)8-9-19(17)35(20)24;1-20(2,3)17-10-14(28-29-17)16-11-26-19-18(25-7-4-8-31)27-13-9-12(21(22,23)24)5-6-15(13)30(16)19/h8-9,13-15,22H,4-7,10-12H2,1-3H3,(H,30,32)(H,33,34);5-6,9-11,31H,4,7-8H2,1-3H3,(H,25,27)(H,28,29). The number of hydrogen-bond donors (Lipinski definition) is 5. The SMILES string of the molecule is CC(C)(C)c1cc(-c2cnc3c(NCCCO)nc4cc(C(F)(F)F)ccc4n23)n[nH]1.CC(C)(C)c1cc(-c2cnc3c(NCCCOC4CCCCO4)nc4cc(C(F)(F)F)ccc4n23)n[nH]1. The Hall–Kier alpha value is -6.32. The van der Waals surface area contributed by atoms with Gasteiger partial charge in [-0.15, -0.1) is 0 Å². The number of aliphatic hydroxyl groups is 1. The number of hydrogen-bond acceptors (Lipinski definition) is 11. The van der Waals surface area contributed by atoms with Crippen LogP contribution in [0.25, 0.3) is 56.1 Å². The Morgan fingerprint density at radius 3 is 1.59 bits per heavy atom. The number of alkyl halides is 6. The highest BCUT2D eigenvalue weighted by Crippen LogP contribution is 2.36. The first-order valence-corrected chi connectivity index (χ1v) is 22.4. The van der Waals surface area contributed by atoms with Crippen LogP contribution in [0, 0.1) is 0 Å². The normalized spacial score (nSPS) is 15.1. The van der Waals surface area contributed by atoms with Gasteiger partial charge in [-0.2, -0.15) is 36.5 Å². The third-order valence-corrected chi connectivity index (χ3v) is 11.5. The van der Waals surface area contributed by atoms with E-state index in [1.54, 1.807) is 21.2 Å². The van der Waals surface area contributed by atoms with Crippen molar-refractivity contribution in [2.75, 3.05) is 43.5 Å². The Bertz CT molecular complexity index is 3020. The van der Waals surface area contributed by atoms with Crippen LogP contribution in [0.15, 0.2) is 60.9 Å². The fourth-order valence-corrected chi connectivity index (χ4v) is 7.72. The molecule has 0 spiro atoms. The summed E-state index contributed by atoms with van der Waals surface area (Å²) in [6.07, 6.45) is -1.62. The lowest BCUT2D eigenvalue weighted by Crippen LogP contribution is -2.23. The Labute approximate surface area is 387 Å². The summed E-state index contributed by atoms with van der Waals surface area (Å²) in [5.41, 5.74) is 5.01. The molecule has 9 rings (SSSR count). The lowest BCUT2D eigenvalue weighted by molar-refractivity contribution is -0.162. The monoisotopic (exact) mass is 948 g/mol. The number of aromatic amines is 2. The molecule has 1 unspecified atom stereocenters. The van der Waals surface area contributed by atoms with Crippen molar-refractivity contribution < 1.29 is 40.9 Å². The molecule has 2 aromatic carbocycles. The van der Waals surface area contributed by atoms with Gasteiger partial charge in [0.1, 0.15) is 11.4 Å². The van der Waals surface area contributed by atoms with Gasteiger partial charge >= 0.3 is 12.4 Å². The second-order valence-corrected chi connectivity index (χ2v) is 18.7. The third kappa shape index (κ3) is 10.4. The van der Waals surface area contributed by atoms with Gasteiger partial charge in [0, 0.05) is 48.5 Å². The number of nitrogens with one attached hydrogen (secondary N) is 4. The summed E-state index contributed by atoms with van der Waals surface area (Å²) in [4.78, 5) is 18.0. The van der Waals surface area contributed by atoms with Crippen LogP contribution >= 0.6 is 0 Å². The molecule has 1 atom stereocenters. The van der Waals surface area contributed by atoms with Gasteiger partial charge in [0.15, 0.2) is 29.2 Å². The zero-order valence-electron chi connectivity index (χ0n) is 38.5. The number of imidazole rings is 2. The van der Waals surface area contributed by atoms with Gasteiger partial charge in [0.2, 0.25) is 0 Å². The fourth-order valence-electron chi connectivity index (χ4n) is 7.72. The Balaban J connectivity index is 0.000000187. The molecular weight excluding hydrogens is 895 g/mol. The van der Waals surface area contributed by atoms with Crippen molar-refractivity contribution in [2.45, 2.75) is 103 Å². The molecule has 0 radical (unpaired) electrons. The summed E-state index contributed by atoms with van der Waals surface area (Å²) in [5.74, 6) is 0.747. The Kier molecular flexibility index (Phi) is 13.4. The first-order valence-electron chi connectivity index (χ1n) is 22.4. The molecule has 1 fully saturated rings. The van der Waals surface area contributed by atoms with Gasteiger partial charge in [0.05, 0.1) is 63.6 Å². The van der Waals surface area contributed by atoms with Gasteiger partial charge in [-0.05, 0) is 80.6 Å². The van der Waals surface area contributed by atoms with Crippen molar-refractivity contribution in [3.63, 3.8) is 0 Å². The van der Waals surface area contributed by atoms with Crippen LogP contribution in [0.3, 0.4) is 0 Å². The molecule has 0 aliphatic carbocycles. The highest BCUT2D eigenvalue weighted by molar-refractivity contribution is 5.87. The predicted octanol–water partition coefficient (Wildman–Crippen LogP) is 10.3. The Morgan fingerprint density at radius 1 is 0.691 bits per heavy atom. The van der Waals surface area contributed by atoms with E-state index in [0.717, 1.165) is 61.5 Å². The molecule has 68 heavy (non-hydrogen) atoms. The van der Waals surface area contributed by atoms with Gasteiger partial charge in [0.25, 0.3) is 0 Å². The molecule has 5 N–H and O–H groups in total. The van der Waals surface area contributed by atoms with Crippen LogP contribution in [0.4, 0.5) is 38.0 Å². The molecule has 0 bridgehead atoms. The van der Waals surface area contributed by atoms with E-state index in [4.69, 9.17) is 14.6 Å². The van der Waals surface area contributed by atoms with Crippen LogP contribution in [-0.4, -0.2) is 93.4 Å². The van der Waals surface area contributed by atoms with Crippen molar-refractivity contribution >= 4 is 45.0 Å². The lowest BCUT2D eigenvalue weighted by atomic mass is 9.92. The van der Waals surface area contributed by atoms with Crippen LogP contribution < -0.4 is 10.6 Å². The molecule has 21 heteroatoms. The topological polar surface area (TPSA) is 180 Å². The van der Waals surface area contributed by atoms with Crippen LogP contribution in [0.1, 0.15) is 96.2 Å². The van der Waals surface area contributed by atoms with Gasteiger partial charge in [-0.1, -0.05) is 41.5 Å². The molecule has 0 saturated carbocycles. The smallest absolute Gasteiger partial charge is 0.396 e. The minimum atomic E-state index is -4.48. The molecule has 362 valence electrons. The average Bonchev–Trinajstić information content (AvgIpc) is 4.12. The molecule has 0 amide bonds. The van der Waals surface area contributed by atoms with E-state index in [1.807, 2.05) is 12.1 Å². The van der Waals surface area contributed by atoms with Crippen LogP contribution in [0.5, 0.6) is 0 Å². The first kappa shape index (κ1) is 48.1. The predicted molar refractivity (Wildman–Crippen MR) is 246 cm³/mol. The lowest BCUT2D eigenvalue weighted by Gasteiger charge is -2.22. The maximum atomic E-state index is 13.5. The van der Waals surface area contributed by atoms with Crippen molar-refractivity contribution in [1.82, 2.24) is 49.1 Å². The maximum Gasteiger partial charge on any atom is 0.416 e. The number of halogens is 6. The first-order chi connectivity index (χ1) is 32.2. The fraction of sp³-hybridized carbons (Fsp3) is 0.447. The number of nitrogens with zero attached hydrogens (tertiary/aromatic N) is 8. The molecule has 7 heterocycles. The minimum absolute atomic E-state index is 0.0162. The van der Waals surface area contributed by atoms with E-state index < -0.39 is 23.5 Å². The summed E-state index contributed by atoms with van der Waals surface area (Å²) in [5, 5.41) is 30.3. The van der Waals surface area contributed by atoms with E-state index in [0.29, 0.717) is 89.3 Å². The third-order valence-electron chi connectivity index (χ3n) is 11.5. The van der Waals surface area contributed by atoms with E-state index in [-0.39, 0.29) is 34.8 Å². The molecular formula is C47H54F6N12O3. The summed E-state index contributed by atoms with van der Waals surface area (Å²) >= 11 is 0. The quantitative estimate of drug-likeness (QED) is 0.0581. The highest BCUT2D eigenvalue weighted by atomic mass is 19.4. The minimum Gasteiger partial charge on any atom is -0.396 e.